The molecule has 25 heavy (non-hydrogen) atoms. The first-order chi connectivity index (χ1) is 11.9. The van der Waals surface area contributed by atoms with Crippen LogP contribution in [0.15, 0.2) is 36.4 Å². The van der Waals surface area contributed by atoms with Crippen molar-refractivity contribution in [2.45, 2.75) is 13.8 Å². The highest BCUT2D eigenvalue weighted by Gasteiger charge is 2.26. The van der Waals surface area contributed by atoms with Gasteiger partial charge in [-0.1, -0.05) is 18.2 Å². The van der Waals surface area contributed by atoms with Crippen LogP contribution in [0, 0.1) is 17.0 Å². The van der Waals surface area contributed by atoms with Crippen LogP contribution in [0.25, 0.3) is 0 Å². The van der Waals surface area contributed by atoms with Gasteiger partial charge in [0.25, 0.3) is 5.69 Å². The van der Waals surface area contributed by atoms with E-state index in [1.165, 1.54) is 19.2 Å². The monoisotopic (exact) mass is 344 g/mol. The van der Waals surface area contributed by atoms with Crippen molar-refractivity contribution >= 4 is 17.3 Å². The van der Waals surface area contributed by atoms with Gasteiger partial charge in [0.1, 0.15) is 11.3 Å². The molecule has 0 heterocycles. The number of nitro benzene ring substituents is 1. The summed E-state index contributed by atoms with van der Waals surface area (Å²) in [7, 11) is 2.97. The summed E-state index contributed by atoms with van der Waals surface area (Å²) in [4.78, 5) is 24.5. The van der Waals surface area contributed by atoms with Crippen molar-refractivity contribution in [3.05, 3.63) is 57.6 Å². The molecule has 0 aliphatic carbocycles. The van der Waals surface area contributed by atoms with E-state index in [2.05, 4.69) is 4.74 Å². The zero-order chi connectivity index (χ0) is 18.6. The minimum absolute atomic E-state index is 0.149. The molecule has 132 valence electrons. The Balaban J connectivity index is 2.64. The normalized spacial score (nSPS) is 10.2. The number of ether oxygens (including phenoxy) is 2. The number of carbonyl (C=O) groups excluding carboxylic acids is 1. The maximum atomic E-state index is 12.0. The summed E-state index contributed by atoms with van der Waals surface area (Å²) in [6, 6.07) is 10.1. The number of hydrogen-bond donors (Lipinski definition) is 0. The van der Waals surface area contributed by atoms with E-state index in [0.717, 1.165) is 5.56 Å². The van der Waals surface area contributed by atoms with Crippen LogP contribution in [-0.2, 0) is 4.74 Å². The smallest absolute Gasteiger partial charge is 0.345 e. The van der Waals surface area contributed by atoms with Crippen LogP contribution >= 0.6 is 0 Å². The van der Waals surface area contributed by atoms with Crippen molar-refractivity contribution in [1.82, 2.24) is 0 Å². The van der Waals surface area contributed by atoms with Crippen LogP contribution in [0.3, 0.4) is 0 Å². The fourth-order valence-corrected chi connectivity index (χ4v) is 2.32. The molecule has 0 bridgehead atoms. The summed E-state index contributed by atoms with van der Waals surface area (Å²) in [6.45, 7) is 4.42. The first-order valence-electron chi connectivity index (χ1n) is 7.74. The van der Waals surface area contributed by atoms with Crippen LogP contribution in [0.5, 0.6) is 11.5 Å². The lowest BCUT2D eigenvalue weighted by molar-refractivity contribution is -0.385. The van der Waals surface area contributed by atoms with Gasteiger partial charge in [-0.2, -0.15) is 0 Å². The van der Waals surface area contributed by atoms with Gasteiger partial charge in [-0.25, -0.2) is 4.79 Å². The number of carbonyl (C=O) groups is 1. The Morgan fingerprint density at radius 2 is 1.92 bits per heavy atom. The van der Waals surface area contributed by atoms with Crippen molar-refractivity contribution in [2.24, 2.45) is 0 Å². The Morgan fingerprint density at radius 1 is 1.24 bits per heavy atom. The molecule has 0 amide bonds. The average Bonchev–Trinajstić information content (AvgIpc) is 2.61. The second-order valence-corrected chi connectivity index (χ2v) is 5.47. The van der Waals surface area contributed by atoms with Gasteiger partial charge in [-0.15, -0.1) is 0 Å². The lowest BCUT2D eigenvalue weighted by Crippen LogP contribution is -2.18. The molecular weight excluding hydrogens is 324 g/mol. The molecule has 0 unspecified atom stereocenters. The Hall–Kier alpha value is -3.09. The summed E-state index contributed by atoms with van der Waals surface area (Å²) < 4.78 is 10.6. The SMILES string of the molecule is CCN(C)c1cc([N+](=O)[O-])c(C(=O)OC)cc1Oc1ccccc1C. The van der Waals surface area contributed by atoms with E-state index in [1.54, 1.807) is 13.1 Å². The minimum atomic E-state index is -0.785. The van der Waals surface area contributed by atoms with E-state index in [-0.39, 0.29) is 11.3 Å². The number of methoxy groups -OCH3 is 1. The predicted octanol–water partition coefficient (Wildman–Crippen LogP) is 3.94. The van der Waals surface area contributed by atoms with Crippen LogP contribution < -0.4 is 9.64 Å². The molecule has 0 aromatic heterocycles. The molecule has 0 radical (unpaired) electrons. The molecule has 2 aromatic carbocycles. The zero-order valence-electron chi connectivity index (χ0n) is 14.6. The number of nitro groups is 1. The topological polar surface area (TPSA) is 81.9 Å². The molecule has 0 atom stereocenters. The van der Waals surface area contributed by atoms with Crippen molar-refractivity contribution in [2.75, 3.05) is 25.6 Å². The third-order valence-corrected chi connectivity index (χ3v) is 3.88. The molecule has 0 aliphatic rings. The quantitative estimate of drug-likeness (QED) is 0.448. The third kappa shape index (κ3) is 3.88. The summed E-state index contributed by atoms with van der Waals surface area (Å²) in [5, 5.41) is 11.4. The number of aryl methyl sites for hydroxylation is 1. The maximum absolute atomic E-state index is 12.0. The zero-order valence-corrected chi connectivity index (χ0v) is 14.6. The molecule has 2 rings (SSSR count). The Labute approximate surface area is 145 Å². The van der Waals surface area contributed by atoms with Gasteiger partial charge >= 0.3 is 5.97 Å². The number of esters is 1. The van der Waals surface area contributed by atoms with E-state index in [4.69, 9.17) is 4.74 Å². The lowest BCUT2D eigenvalue weighted by atomic mass is 10.1. The van der Waals surface area contributed by atoms with Crippen LogP contribution in [0.2, 0.25) is 0 Å². The van der Waals surface area contributed by atoms with Crippen molar-refractivity contribution in [3.8, 4) is 11.5 Å². The van der Waals surface area contributed by atoms with Gasteiger partial charge in [0.05, 0.1) is 17.7 Å². The van der Waals surface area contributed by atoms with Gasteiger partial charge in [0.2, 0.25) is 0 Å². The maximum Gasteiger partial charge on any atom is 0.345 e. The van der Waals surface area contributed by atoms with Crippen molar-refractivity contribution in [3.63, 3.8) is 0 Å². The van der Waals surface area contributed by atoms with E-state index in [0.29, 0.717) is 23.7 Å². The second kappa shape index (κ2) is 7.65. The number of rotatable bonds is 6. The average molecular weight is 344 g/mol. The number of nitrogens with zero attached hydrogens (tertiary/aromatic N) is 2. The molecule has 7 nitrogen and oxygen atoms in total. The van der Waals surface area contributed by atoms with Crippen LogP contribution in [0.1, 0.15) is 22.8 Å². The van der Waals surface area contributed by atoms with Gasteiger partial charge in [0.15, 0.2) is 5.75 Å². The standard InChI is InChI=1S/C18H20N2O5/c1-5-19(3)15-11-14(20(22)23)13(18(21)24-4)10-17(15)25-16-9-7-6-8-12(16)2/h6-11H,5H2,1-4H3. The van der Waals surface area contributed by atoms with E-state index in [9.17, 15) is 14.9 Å². The van der Waals surface area contributed by atoms with Gasteiger partial charge in [-0.3, -0.25) is 10.1 Å². The van der Waals surface area contributed by atoms with E-state index in [1.807, 2.05) is 36.9 Å². The highest BCUT2D eigenvalue weighted by molar-refractivity contribution is 5.95. The molecule has 7 heteroatoms. The molecule has 0 saturated carbocycles. The van der Waals surface area contributed by atoms with Crippen molar-refractivity contribution in [1.29, 1.82) is 0 Å². The third-order valence-electron chi connectivity index (χ3n) is 3.88. The van der Waals surface area contributed by atoms with Gasteiger partial charge in [-0.05, 0) is 25.5 Å². The first-order valence-corrected chi connectivity index (χ1v) is 7.74. The molecule has 0 fully saturated rings. The number of hydrogen-bond acceptors (Lipinski definition) is 6. The number of anilines is 1. The molecular formula is C18H20N2O5. The Morgan fingerprint density at radius 3 is 2.48 bits per heavy atom. The van der Waals surface area contributed by atoms with Gasteiger partial charge in [0, 0.05) is 25.7 Å². The molecule has 0 N–H and O–H groups in total. The van der Waals surface area contributed by atoms with E-state index < -0.39 is 10.9 Å². The summed E-state index contributed by atoms with van der Waals surface area (Å²) in [5.74, 6) is 0.176. The van der Waals surface area contributed by atoms with E-state index >= 15 is 0 Å². The van der Waals surface area contributed by atoms with Gasteiger partial charge < -0.3 is 14.4 Å². The summed E-state index contributed by atoms with van der Waals surface area (Å²) in [5.41, 5.74) is 0.958. The van der Waals surface area contributed by atoms with Crippen LogP contribution in [0.4, 0.5) is 11.4 Å². The molecule has 0 spiro atoms. The first kappa shape index (κ1) is 18.3. The number of benzene rings is 2. The van der Waals surface area contributed by atoms with Crippen molar-refractivity contribution < 1.29 is 19.2 Å². The fraction of sp³-hybridized carbons (Fsp3) is 0.278. The molecule has 0 saturated heterocycles. The lowest BCUT2D eigenvalue weighted by Gasteiger charge is -2.21. The second-order valence-electron chi connectivity index (χ2n) is 5.47. The highest BCUT2D eigenvalue weighted by atomic mass is 16.6. The summed E-state index contributed by atoms with van der Waals surface area (Å²) >= 11 is 0. The molecule has 0 aliphatic heterocycles. The minimum Gasteiger partial charge on any atom is -0.465 e. The fourth-order valence-electron chi connectivity index (χ4n) is 2.32. The summed E-state index contributed by atoms with van der Waals surface area (Å²) in [6.07, 6.45) is 0. The Bertz CT molecular complexity index is 804. The molecule has 2 aromatic rings. The number of para-hydroxylation sites is 1. The highest BCUT2D eigenvalue weighted by Crippen LogP contribution is 2.38. The predicted molar refractivity (Wildman–Crippen MR) is 94.6 cm³/mol. The Kier molecular flexibility index (Phi) is 5.59. The van der Waals surface area contributed by atoms with Crippen LogP contribution in [-0.4, -0.2) is 31.6 Å². The largest absolute Gasteiger partial charge is 0.465 e.